The summed E-state index contributed by atoms with van der Waals surface area (Å²) in [5.74, 6) is -1.48. The Bertz CT molecular complexity index is 1660. The molecule has 7 rings (SSSR count). The zero-order valence-electron chi connectivity index (χ0n) is 26.5. The number of fused-ring (bicyclic) bond motifs is 1. The van der Waals surface area contributed by atoms with Crippen molar-refractivity contribution in [2.24, 2.45) is 17.8 Å². The predicted octanol–water partition coefficient (Wildman–Crippen LogP) is 9.04. The monoisotopic (exact) mass is 650 g/mol. The van der Waals surface area contributed by atoms with Crippen LogP contribution >= 0.6 is 0 Å². The van der Waals surface area contributed by atoms with Gasteiger partial charge in [0.15, 0.2) is 0 Å². The third kappa shape index (κ3) is 6.19. The molecule has 3 fully saturated rings. The molecule has 0 aliphatic heterocycles. The van der Waals surface area contributed by atoms with Crippen molar-refractivity contribution in [2.45, 2.75) is 82.2 Å². The lowest BCUT2D eigenvalue weighted by Crippen LogP contribution is -2.48. The highest BCUT2D eigenvalue weighted by atomic mass is 19.4. The van der Waals surface area contributed by atoms with Gasteiger partial charge in [0.1, 0.15) is 22.8 Å². The van der Waals surface area contributed by atoms with E-state index in [9.17, 15) is 27.1 Å². The Balaban J connectivity index is 1.09. The van der Waals surface area contributed by atoms with E-state index >= 15 is 0 Å². The van der Waals surface area contributed by atoms with Crippen LogP contribution in [0.15, 0.2) is 84.6 Å². The second kappa shape index (κ2) is 11.5. The Morgan fingerprint density at radius 2 is 1.60 bits per heavy atom. The molecule has 3 saturated carbocycles. The maximum absolute atomic E-state index is 14.7. The van der Waals surface area contributed by atoms with Crippen molar-refractivity contribution >= 4 is 11.4 Å². The van der Waals surface area contributed by atoms with E-state index in [-0.39, 0.29) is 17.6 Å². The first-order chi connectivity index (χ1) is 22.3. The van der Waals surface area contributed by atoms with Crippen LogP contribution in [-0.4, -0.2) is 34.0 Å². The van der Waals surface area contributed by atoms with Crippen LogP contribution in [0.1, 0.15) is 68.2 Å². The SMILES string of the molecule is CC(C)(Oc1ccc(CCN(Cc2ccc(C(F)(F)C3CC3)cc2)c2ccc(C3=C(C(F)(F)F)CCC=C3)cn2)cc1)C1(O)C2CC21. The van der Waals surface area contributed by atoms with Gasteiger partial charge in [0, 0.05) is 41.9 Å². The number of aromatic nitrogens is 1. The highest BCUT2D eigenvalue weighted by molar-refractivity contribution is 5.78. The second-order valence-electron chi connectivity index (χ2n) is 14.0. The molecule has 1 heterocycles. The van der Waals surface area contributed by atoms with E-state index in [4.69, 9.17) is 4.74 Å². The van der Waals surface area contributed by atoms with Crippen molar-refractivity contribution in [3.8, 4) is 5.75 Å². The van der Waals surface area contributed by atoms with E-state index in [1.807, 2.05) is 43.0 Å². The van der Waals surface area contributed by atoms with Gasteiger partial charge in [0.25, 0.3) is 5.92 Å². The van der Waals surface area contributed by atoms with Crippen molar-refractivity contribution in [1.29, 1.82) is 0 Å². The van der Waals surface area contributed by atoms with E-state index in [2.05, 4.69) is 4.98 Å². The number of allylic oxidation sites excluding steroid dienone is 4. The number of hydrogen-bond acceptors (Lipinski definition) is 4. The number of rotatable bonds is 12. The quantitative estimate of drug-likeness (QED) is 0.199. The van der Waals surface area contributed by atoms with E-state index in [1.54, 1.807) is 30.3 Å². The van der Waals surface area contributed by atoms with Gasteiger partial charge in [-0.1, -0.05) is 48.6 Å². The summed E-state index contributed by atoms with van der Waals surface area (Å²) < 4.78 is 76.7. The van der Waals surface area contributed by atoms with Gasteiger partial charge >= 0.3 is 6.18 Å². The van der Waals surface area contributed by atoms with Crippen LogP contribution in [0.3, 0.4) is 0 Å². The number of anilines is 1. The summed E-state index contributed by atoms with van der Waals surface area (Å²) in [6, 6.07) is 17.5. The minimum atomic E-state index is -4.42. The normalized spacial score (nSPS) is 23.8. The average molecular weight is 651 g/mol. The molecular formula is C38H39F5N2O2. The number of halogens is 5. The summed E-state index contributed by atoms with van der Waals surface area (Å²) in [7, 11) is 0. The van der Waals surface area contributed by atoms with Gasteiger partial charge in [-0.15, -0.1) is 0 Å². The first-order valence-corrected chi connectivity index (χ1v) is 16.4. The number of aliphatic hydroxyl groups is 1. The summed E-state index contributed by atoms with van der Waals surface area (Å²) in [5.41, 5.74) is 0.435. The minimum Gasteiger partial charge on any atom is -0.485 e. The molecule has 1 aromatic heterocycles. The minimum absolute atomic E-state index is 0.0170. The third-order valence-corrected chi connectivity index (χ3v) is 10.4. The number of nitrogens with zero attached hydrogens (tertiary/aromatic N) is 2. The van der Waals surface area contributed by atoms with Gasteiger partial charge < -0.3 is 14.7 Å². The van der Waals surface area contributed by atoms with Gasteiger partial charge in [0.2, 0.25) is 0 Å². The van der Waals surface area contributed by atoms with Crippen LogP contribution in [0.4, 0.5) is 27.8 Å². The summed E-state index contributed by atoms with van der Waals surface area (Å²) >= 11 is 0. The van der Waals surface area contributed by atoms with E-state index in [0.29, 0.717) is 67.7 Å². The van der Waals surface area contributed by atoms with Gasteiger partial charge in [-0.2, -0.15) is 13.2 Å². The number of alkyl halides is 5. The van der Waals surface area contributed by atoms with Crippen LogP contribution in [0.2, 0.25) is 0 Å². The highest BCUT2D eigenvalue weighted by Gasteiger charge is 2.82. The van der Waals surface area contributed by atoms with Crippen molar-refractivity contribution in [3.05, 3.63) is 107 Å². The average Bonchev–Trinajstić information content (AvgIpc) is 3.94. The lowest BCUT2D eigenvalue weighted by molar-refractivity contribution is -0.0933. The molecule has 0 bridgehead atoms. The van der Waals surface area contributed by atoms with Crippen molar-refractivity contribution in [2.75, 3.05) is 11.4 Å². The standard InChI is InChI=1S/C38H39F5N2O2/c1-35(2,36(46)32-21-33(32)36)47-29-16-9-24(10-17-29)19-20-45(23-25-7-12-27(13-8-25)37(39,40)28-14-15-28)34-18-11-26(22-44-34)30-5-3-4-6-31(30)38(41,42)43/h3,5,7-13,16-18,22,28,32-33,46H,4,6,14-15,19-21,23H2,1-2H3. The molecule has 9 heteroatoms. The largest absolute Gasteiger partial charge is 0.485 e. The molecule has 3 aromatic rings. The smallest absolute Gasteiger partial charge is 0.413 e. The van der Waals surface area contributed by atoms with Crippen LogP contribution in [0, 0.1) is 17.8 Å². The molecule has 0 spiro atoms. The van der Waals surface area contributed by atoms with Gasteiger partial charge in [-0.25, -0.2) is 13.8 Å². The Morgan fingerprint density at radius 1 is 0.915 bits per heavy atom. The Labute approximate surface area is 272 Å². The molecule has 0 saturated heterocycles. The van der Waals surface area contributed by atoms with Crippen LogP contribution in [-0.2, 0) is 18.9 Å². The Kier molecular flexibility index (Phi) is 7.77. The first kappa shape index (κ1) is 31.9. The van der Waals surface area contributed by atoms with Gasteiger partial charge in [0.05, 0.1) is 0 Å². The Hall–Kier alpha value is -3.72. The van der Waals surface area contributed by atoms with Crippen molar-refractivity contribution in [3.63, 3.8) is 0 Å². The maximum atomic E-state index is 14.7. The van der Waals surface area contributed by atoms with Gasteiger partial charge in [-0.3, -0.25) is 0 Å². The molecule has 2 unspecified atom stereocenters. The molecule has 2 aromatic carbocycles. The predicted molar refractivity (Wildman–Crippen MR) is 171 cm³/mol. The fraction of sp³-hybridized carbons (Fsp3) is 0.447. The zero-order chi connectivity index (χ0) is 33.2. The summed E-state index contributed by atoms with van der Waals surface area (Å²) in [6.45, 7) is 4.76. The van der Waals surface area contributed by atoms with Crippen LogP contribution < -0.4 is 9.64 Å². The van der Waals surface area contributed by atoms with Crippen LogP contribution in [0.25, 0.3) is 5.57 Å². The lowest BCUT2D eigenvalue weighted by atomic mass is 9.90. The summed E-state index contributed by atoms with van der Waals surface area (Å²) in [5, 5.41) is 10.9. The number of ether oxygens (including phenoxy) is 1. The van der Waals surface area contributed by atoms with E-state index < -0.39 is 34.8 Å². The molecule has 248 valence electrons. The summed E-state index contributed by atoms with van der Waals surface area (Å²) in [4.78, 5) is 6.60. The third-order valence-electron chi connectivity index (χ3n) is 10.4. The fourth-order valence-electron chi connectivity index (χ4n) is 7.14. The van der Waals surface area contributed by atoms with Crippen molar-refractivity contribution < 1.29 is 31.8 Å². The number of benzene rings is 2. The van der Waals surface area contributed by atoms with Crippen molar-refractivity contribution in [1.82, 2.24) is 4.98 Å². The van der Waals surface area contributed by atoms with E-state index in [0.717, 1.165) is 17.5 Å². The molecule has 4 aliphatic carbocycles. The molecular weight excluding hydrogens is 611 g/mol. The number of hydrogen-bond donors (Lipinski definition) is 1. The zero-order valence-corrected chi connectivity index (χ0v) is 26.5. The van der Waals surface area contributed by atoms with E-state index in [1.165, 1.54) is 24.4 Å². The topological polar surface area (TPSA) is 45.6 Å². The van der Waals surface area contributed by atoms with Crippen LogP contribution in [0.5, 0.6) is 5.75 Å². The molecule has 4 aliphatic rings. The maximum Gasteiger partial charge on any atom is 0.413 e. The Morgan fingerprint density at radius 3 is 2.17 bits per heavy atom. The summed E-state index contributed by atoms with van der Waals surface area (Å²) in [6.07, 6.45) is 3.37. The molecule has 2 atom stereocenters. The molecule has 1 N–H and O–H groups in total. The van der Waals surface area contributed by atoms with Gasteiger partial charge in [-0.05, 0) is 105 Å². The molecule has 47 heavy (non-hydrogen) atoms. The molecule has 0 amide bonds. The molecule has 4 nitrogen and oxygen atoms in total. The lowest BCUT2D eigenvalue weighted by Gasteiger charge is -2.35. The fourth-order valence-corrected chi connectivity index (χ4v) is 7.14. The highest BCUT2D eigenvalue weighted by Crippen LogP contribution is 2.75. The first-order valence-electron chi connectivity index (χ1n) is 16.4. The second-order valence-corrected chi connectivity index (χ2v) is 14.0. The molecule has 0 radical (unpaired) electrons. The number of pyridine rings is 1.